The maximum Gasteiger partial charge on any atom is 0.338 e. The number of hydrogen-bond acceptors (Lipinski definition) is 5. The zero-order chi connectivity index (χ0) is 17.8. The van der Waals surface area contributed by atoms with Gasteiger partial charge in [-0.15, -0.1) is 0 Å². The topological polar surface area (TPSA) is 68.7 Å². The molecule has 6 heteroatoms. The summed E-state index contributed by atoms with van der Waals surface area (Å²) in [6.45, 7) is 2.86. The zero-order valence-corrected chi connectivity index (χ0v) is 14.3. The summed E-state index contributed by atoms with van der Waals surface area (Å²) in [5, 5.41) is 0. The van der Waals surface area contributed by atoms with Crippen LogP contribution in [0.3, 0.4) is 0 Å². The number of pyridine rings is 1. The molecule has 1 aliphatic rings. The van der Waals surface area contributed by atoms with Crippen LogP contribution in [0.1, 0.15) is 39.6 Å². The molecule has 0 saturated carbocycles. The molecule has 3 rings (SSSR count). The number of carbonyl (C=O) groups is 2. The van der Waals surface area contributed by atoms with E-state index in [1.807, 2.05) is 13.0 Å². The molecule has 130 valence electrons. The van der Waals surface area contributed by atoms with Crippen LogP contribution >= 0.6 is 0 Å². The molecule has 0 aliphatic carbocycles. The number of rotatable bonds is 4. The minimum Gasteiger partial charge on any atom is -0.477 e. The Morgan fingerprint density at radius 3 is 2.76 bits per heavy atom. The van der Waals surface area contributed by atoms with Gasteiger partial charge in [0.1, 0.15) is 5.56 Å². The van der Waals surface area contributed by atoms with Gasteiger partial charge >= 0.3 is 5.97 Å². The molecule has 6 nitrogen and oxygen atoms in total. The number of nitrogens with zero attached hydrogens (tertiary/aromatic N) is 2. The number of ether oxygens (including phenoxy) is 2. The van der Waals surface area contributed by atoms with Crippen LogP contribution in [0.2, 0.25) is 0 Å². The van der Waals surface area contributed by atoms with E-state index in [-0.39, 0.29) is 11.9 Å². The summed E-state index contributed by atoms with van der Waals surface area (Å²) in [5.41, 5.74) is 2.51. The second-order valence-corrected chi connectivity index (χ2v) is 5.64. The van der Waals surface area contributed by atoms with Gasteiger partial charge in [0, 0.05) is 18.4 Å². The molecule has 0 saturated heterocycles. The quantitative estimate of drug-likeness (QED) is 0.801. The van der Waals surface area contributed by atoms with Gasteiger partial charge in [-0.2, -0.15) is 0 Å². The van der Waals surface area contributed by atoms with Gasteiger partial charge in [0.05, 0.1) is 19.3 Å². The van der Waals surface area contributed by atoms with Gasteiger partial charge in [0.25, 0.3) is 5.91 Å². The molecule has 0 atom stereocenters. The minimum atomic E-state index is -0.387. The average molecular weight is 340 g/mol. The summed E-state index contributed by atoms with van der Waals surface area (Å²) in [6, 6.07) is 8.78. The molecular formula is C19H20N2O4. The predicted molar refractivity (Wildman–Crippen MR) is 93.2 cm³/mol. The van der Waals surface area contributed by atoms with Crippen LogP contribution in [0.25, 0.3) is 0 Å². The molecule has 0 N–H and O–H groups in total. The Morgan fingerprint density at radius 2 is 2.00 bits per heavy atom. The SMILES string of the molecule is CCOc1ncccc1C(=O)N1CCCc2c(C(=O)OC)cccc21. The van der Waals surface area contributed by atoms with E-state index in [1.54, 1.807) is 35.4 Å². The fraction of sp³-hybridized carbons (Fsp3) is 0.316. The predicted octanol–water partition coefficient (Wildman–Crippen LogP) is 2.86. The van der Waals surface area contributed by atoms with Crippen molar-refractivity contribution in [2.24, 2.45) is 0 Å². The molecule has 1 amide bonds. The molecule has 1 aliphatic heterocycles. The first kappa shape index (κ1) is 17.0. The summed E-state index contributed by atoms with van der Waals surface area (Å²) in [7, 11) is 1.36. The molecule has 0 fully saturated rings. The molecular weight excluding hydrogens is 320 g/mol. The zero-order valence-electron chi connectivity index (χ0n) is 14.3. The highest BCUT2D eigenvalue weighted by Gasteiger charge is 2.28. The summed E-state index contributed by atoms with van der Waals surface area (Å²) in [4.78, 5) is 31.0. The Morgan fingerprint density at radius 1 is 1.20 bits per heavy atom. The number of aromatic nitrogens is 1. The first-order valence-corrected chi connectivity index (χ1v) is 8.27. The number of fused-ring (bicyclic) bond motifs is 1. The van der Waals surface area contributed by atoms with Crippen LogP contribution in [0.4, 0.5) is 5.69 Å². The number of benzene rings is 1. The minimum absolute atomic E-state index is 0.181. The van der Waals surface area contributed by atoms with E-state index in [9.17, 15) is 9.59 Å². The first-order chi connectivity index (χ1) is 12.2. The van der Waals surface area contributed by atoms with Crippen molar-refractivity contribution in [3.05, 3.63) is 53.2 Å². The van der Waals surface area contributed by atoms with Crippen molar-refractivity contribution in [1.29, 1.82) is 0 Å². The van der Waals surface area contributed by atoms with Gasteiger partial charge in [-0.3, -0.25) is 4.79 Å². The molecule has 0 spiro atoms. The van der Waals surface area contributed by atoms with Crippen LogP contribution in [0.15, 0.2) is 36.5 Å². The van der Waals surface area contributed by atoms with Crippen LogP contribution in [-0.2, 0) is 11.2 Å². The van der Waals surface area contributed by atoms with Crippen molar-refractivity contribution in [2.75, 3.05) is 25.2 Å². The largest absolute Gasteiger partial charge is 0.477 e. The number of esters is 1. The van der Waals surface area contributed by atoms with E-state index >= 15 is 0 Å². The number of hydrogen-bond donors (Lipinski definition) is 0. The van der Waals surface area contributed by atoms with E-state index in [0.29, 0.717) is 30.2 Å². The number of amides is 1. The van der Waals surface area contributed by atoms with Crippen molar-refractivity contribution >= 4 is 17.6 Å². The van der Waals surface area contributed by atoms with Crippen molar-refractivity contribution in [1.82, 2.24) is 4.98 Å². The molecule has 2 aromatic rings. The van der Waals surface area contributed by atoms with Crippen LogP contribution < -0.4 is 9.64 Å². The smallest absolute Gasteiger partial charge is 0.338 e. The van der Waals surface area contributed by atoms with Gasteiger partial charge in [-0.25, -0.2) is 9.78 Å². The van der Waals surface area contributed by atoms with Crippen LogP contribution in [0.5, 0.6) is 5.88 Å². The third-order valence-corrected chi connectivity index (χ3v) is 4.18. The summed E-state index contributed by atoms with van der Waals surface area (Å²) < 4.78 is 10.3. The van der Waals surface area contributed by atoms with Gasteiger partial charge in [0.15, 0.2) is 0 Å². The van der Waals surface area contributed by atoms with Crippen molar-refractivity contribution < 1.29 is 19.1 Å². The summed E-state index contributed by atoms with van der Waals surface area (Å²) in [5.74, 6) is -0.242. The molecule has 25 heavy (non-hydrogen) atoms. The van der Waals surface area contributed by atoms with E-state index < -0.39 is 0 Å². The Kier molecular flexibility index (Phi) is 4.97. The van der Waals surface area contributed by atoms with E-state index in [4.69, 9.17) is 9.47 Å². The van der Waals surface area contributed by atoms with Crippen LogP contribution in [-0.4, -0.2) is 37.1 Å². The normalized spacial score (nSPS) is 13.1. The monoisotopic (exact) mass is 340 g/mol. The molecule has 0 unspecified atom stereocenters. The first-order valence-electron chi connectivity index (χ1n) is 8.27. The average Bonchev–Trinajstić information content (AvgIpc) is 2.66. The molecule has 1 aromatic heterocycles. The Labute approximate surface area is 146 Å². The standard InChI is InChI=1S/C19H20N2O4/c1-3-25-17-15(8-5-11-20-17)18(22)21-12-6-9-13-14(19(23)24-2)7-4-10-16(13)21/h4-5,7-8,10-11H,3,6,9,12H2,1-2H3. The third kappa shape index (κ3) is 3.20. The molecule has 0 radical (unpaired) electrons. The second-order valence-electron chi connectivity index (χ2n) is 5.64. The number of carbonyl (C=O) groups excluding carboxylic acids is 2. The lowest BCUT2D eigenvalue weighted by Crippen LogP contribution is -2.36. The maximum absolute atomic E-state index is 13.1. The summed E-state index contributed by atoms with van der Waals surface area (Å²) in [6.07, 6.45) is 3.11. The number of anilines is 1. The van der Waals surface area contributed by atoms with Crippen LogP contribution in [0, 0.1) is 0 Å². The second kappa shape index (κ2) is 7.34. The fourth-order valence-corrected chi connectivity index (χ4v) is 3.09. The third-order valence-electron chi connectivity index (χ3n) is 4.18. The van der Waals surface area contributed by atoms with Gasteiger partial charge in [0.2, 0.25) is 5.88 Å². The Bertz CT molecular complexity index is 804. The lowest BCUT2D eigenvalue weighted by Gasteiger charge is -2.30. The van der Waals surface area contributed by atoms with Crippen molar-refractivity contribution in [3.8, 4) is 5.88 Å². The highest BCUT2D eigenvalue weighted by molar-refractivity contribution is 6.09. The van der Waals surface area contributed by atoms with Gasteiger partial charge < -0.3 is 14.4 Å². The lowest BCUT2D eigenvalue weighted by atomic mass is 9.95. The maximum atomic E-state index is 13.1. The summed E-state index contributed by atoms with van der Waals surface area (Å²) >= 11 is 0. The van der Waals surface area contributed by atoms with E-state index in [0.717, 1.165) is 24.1 Å². The Hall–Kier alpha value is -2.89. The molecule has 0 bridgehead atoms. The lowest BCUT2D eigenvalue weighted by molar-refractivity contribution is 0.0599. The molecule has 1 aromatic carbocycles. The Balaban J connectivity index is 2.02. The fourth-order valence-electron chi connectivity index (χ4n) is 3.09. The van der Waals surface area contributed by atoms with Gasteiger partial charge in [-0.1, -0.05) is 6.07 Å². The van der Waals surface area contributed by atoms with Crippen molar-refractivity contribution in [2.45, 2.75) is 19.8 Å². The van der Waals surface area contributed by atoms with E-state index in [1.165, 1.54) is 7.11 Å². The highest BCUT2D eigenvalue weighted by Crippen LogP contribution is 2.32. The van der Waals surface area contributed by atoms with Crippen molar-refractivity contribution in [3.63, 3.8) is 0 Å². The highest BCUT2D eigenvalue weighted by atomic mass is 16.5. The molecule has 2 heterocycles. The van der Waals surface area contributed by atoms with E-state index in [2.05, 4.69) is 4.98 Å². The van der Waals surface area contributed by atoms with Gasteiger partial charge in [-0.05, 0) is 49.6 Å². The number of methoxy groups -OCH3 is 1.